The van der Waals surface area contributed by atoms with Crippen LogP contribution in [0.2, 0.25) is 0 Å². The zero-order valence-corrected chi connectivity index (χ0v) is 12.8. The number of aliphatic hydroxyl groups excluding tert-OH is 1. The summed E-state index contributed by atoms with van der Waals surface area (Å²) in [5.41, 5.74) is 1.25. The first-order valence-corrected chi connectivity index (χ1v) is 8.08. The average molecular weight is 310 g/mol. The van der Waals surface area contributed by atoms with Gasteiger partial charge in [0.05, 0.1) is 24.2 Å². The van der Waals surface area contributed by atoms with Gasteiger partial charge in [-0.25, -0.2) is 18.1 Å². The highest BCUT2D eigenvalue weighted by Gasteiger charge is 2.19. The number of benzene rings is 1. The molecule has 0 amide bonds. The van der Waals surface area contributed by atoms with Gasteiger partial charge in [-0.2, -0.15) is 0 Å². The molecule has 0 saturated carbocycles. The summed E-state index contributed by atoms with van der Waals surface area (Å²) in [4.78, 5) is 4.14. The third-order valence-electron chi connectivity index (χ3n) is 3.07. The van der Waals surface area contributed by atoms with Crippen molar-refractivity contribution < 1.29 is 17.9 Å². The summed E-state index contributed by atoms with van der Waals surface area (Å²) < 4.78 is 32.5. The molecule has 6 nitrogen and oxygen atoms in total. The molecule has 0 aliphatic heterocycles. The molecule has 0 bridgehead atoms. The first-order chi connectivity index (χ1) is 9.96. The van der Waals surface area contributed by atoms with Crippen LogP contribution >= 0.6 is 0 Å². The van der Waals surface area contributed by atoms with Gasteiger partial charge in [-0.1, -0.05) is 19.1 Å². The van der Waals surface area contributed by atoms with E-state index in [-0.39, 0.29) is 18.0 Å². The molecule has 0 aliphatic rings. The van der Waals surface area contributed by atoms with Crippen molar-refractivity contribution in [2.24, 2.45) is 0 Å². The summed E-state index contributed by atoms with van der Waals surface area (Å²) in [5.74, 6) is 0.938. The van der Waals surface area contributed by atoms with Crippen LogP contribution < -0.4 is 4.72 Å². The second-order valence-corrected chi connectivity index (χ2v) is 6.38. The van der Waals surface area contributed by atoms with E-state index in [0.717, 1.165) is 0 Å². The number of rotatable bonds is 6. The minimum Gasteiger partial charge on any atom is -0.445 e. The lowest BCUT2D eigenvalue weighted by molar-refractivity contribution is 0.281. The smallest absolute Gasteiger partial charge is 0.241 e. The van der Waals surface area contributed by atoms with Gasteiger partial charge >= 0.3 is 0 Å². The van der Waals surface area contributed by atoms with E-state index in [2.05, 4.69) is 9.71 Å². The summed E-state index contributed by atoms with van der Waals surface area (Å²) in [5, 5.41) is 9.16. The van der Waals surface area contributed by atoms with Crippen LogP contribution in [-0.2, 0) is 29.6 Å². The Morgan fingerprint density at radius 2 is 2.14 bits per heavy atom. The predicted octanol–water partition coefficient (Wildman–Crippen LogP) is 1.52. The van der Waals surface area contributed by atoms with E-state index in [4.69, 9.17) is 9.52 Å². The van der Waals surface area contributed by atoms with Gasteiger partial charge in [0.15, 0.2) is 0 Å². The Bertz CT molecular complexity index is 722. The van der Waals surface area contributed by atoms with Gasteiger partial charge in [-0.15, -0.1) is 0 Å². The Hall–Kier alpha value is -1.70. The summed E-state index contributed by atoms with van der Waals surface area (Å²) in [6.07, 6.45) is 2.12. The minimum absolute atomic E-state index is 0.0112. The molecule has 21 heavy (non-hydrogen) atoms. The van der Waals surface area contributed by atoms with Crippen LogP contribution in [0.4, 0.5) is 0 Å². The van der Waals surface area contributed by atoms with Crippen LogP contribution in [0.25, 0.3) is 0 Å². The Kier molecular flexibility index (Phi) is 4.76. The second kappa shape index (κ2) is 6.38. The molecular weight excluding hydrogens is 292 g/mol. The first kappa shape index (κ1) is 15.7. The van der Waals surface area contributed by atoms with Crippen LogP contribution in [0.3, 0.4) is 0 Å². The number of aromatic nitrogens is 1. The number of aliphatic hydroxyl groups is 1. The van der Waals surface area contributed by atoms with Crippen molar-refractivity contribution in [2.75, 3.05) is 0 Å². The summed E-state index contributed by atoms with van der Waals surface area (Å²) in [6, 6.07) is 4.92. The van der Waals surface area contributed by atoms with E-state index in [9.17, 15) is 8.42 Å². The normalized spacial score (nSPS) is 11.8. The quantitative estimate of drug-likeness (QED) is 0.844. The van der Waals surface area contributed by atoms with Crippen LogP contribution in [-0.4, -0.2) is 18.5 Å². The topological polar surface area (TPSA) is 92.4 Å². The standard InChI is InChI=1S/C14H18N2O4S/c1-3-12-5-4-11(9-17)6-13(12)21(18,19)16-8-14-15-7-10(2)20-14/h4-7,16-17H,3,8-9H2,1-2H3. The molecule has 7 heteroatoms. The lowest BCUT2D eigenvalue weighted by Gasteiger charge is -2.11. The molecule has 1 aromatic carbocycles. The van der Waals surface area contributed by atoms with Crippen LogP contribution in [0.5, 0.6) is 0 Å². The number of nitrogens with zero attached hydrogens (tertiary/aromatic N) is 1. The van der Waals surface area contributed by atoms with Crippen molar-refractivity contribution in [1.29, 1.82) is 0 Å². The number of hydrogen-bond acceptors (Lipinski definition) is 5. The molecule has 0 unspecified atom stereocenters. The zero-order chi connectivity index (χ0) is 15.5. The Balaban J connectivity index is 2.26. The summed E-state index contributed by atoms with van der Waals surface area (Å²) in [6.45, 7) is 3.41. The Morgan fingerprint density at radius 3 is 2.71 bits per heavy atom. The number of sulfonamides is 1. The maximum absolute atomic E-state index is 12.4. The van der Waals surface area contributed by atoms with Crippen LogP contribution in [0.15, 0.2) is 33.7 Å². The van der Waals surface area contributed by atoms with Crippen molar-refractivity contribution in [3.63, 3.8) is 0 Å². The van der Waals surface area contributed by atoms with Crippen LogP contribution in [0.1, 0.15) is 29.7 Å². The second-order valence-electron chi connectivity index (χ2n) is 4.64. The molecule has 0 fully saturated rings. The fourth-order valence-corrected chi connectivity index (χ4v) is 3.29. The SMILES string of the molecule is CCc1ccc(CO)cc1S(=O)(=O)NCc1ncc(C)o1. The van der Waals surface area contributed by atoms with E-state index in [1.54, 1.807) is 19.1 Å². The number of hydrogen-bond donors (Lipinski definition) is 2. The van der Waals surface area contributed by atoms with Gasteiger partial charge in [0.1, 0.15) is 5.76 Å². The van der Waals surface area contributed by atoms with Gasteiger partial charge < -0.3 is 9.52 Å². The van der Waals surface area contributed by atoms with Crippen molar-refractivity contribution in [3.05, 3.63) is 47.2 Å². The highest BCUT2D eigenvalue weighted by molar-refractivity contribution is 7.89. The number of oxazole rings is 1. The monoisotopic (exact) mass is 310 g/mol. The molecule has 0 atom stereocenters. The van der Waals surface area contributed by atoms with Crippen LogP contribution in [0, 0.1) is 6.92 Å². The van der Waals surface area contributed by atoms with Crippen molar-refractivity contribution in [3.8, 4) is 0 Å². The summed E-state index contributed by atoms with van der Waals surface area (Å²) >= 11 is 0. The first-order valence-electron chi connectivity index (χ1n) is 6.60. The average Bonchev–Trinajstić information content (AvgIpc) is 2.90. The number of nitrogens with one attached hydrogen (secondary N) is 1. The fraction of sp³-hybridized carbons (Fsp3) is 0.357. The van der Waals surface area contributed by atoms with Gasteiger partial charge in [0, 0.05) is 0 Å². The Labute approximate surface area is 123 Å². The van der Waals surface area contributed by atoms with E-state index in [1.165, 1.54) is 12.3 Å². The maximum Gasteiger partial charge on any atom is 0.241 e. The van der Waals surface area contributed by atoms with E-state index in [1.807, 2.05) is 6.92 Å². The maximum atomic E-state index is 12.4. The molecular formula is C14H18N2O4S. The third kappa shape index (κ3) is 3.69. The van der Waals surface area contributed by atoms with Crippen molar-refractivity contribution in [2.45, 2.75) is 38.3 Å². The molecule has 2 N–H and O–H groups in total. The molecule has 0 saturated heterocycles. The van der Waals surface area contributed by atoms with E-state index >= 15 is 0 Å². The molecule has 1 aromatic heterocycles. The zero-order valence-electron chi connectivity index (χ0n) is 12.0. The molecule has 114 valence electrons. The van der Waals surface area contributed by atoms with E-state index < -0.39 is 10.0 Å². The predicted molar refractivity (Wildman–Crippen MR) is 77.0 cm³/mol. The molecule has 0 spiro atoms. The lowest BCUT2D eigenvalue weighted by atomic mass is 10.1. The van der Waals surface area contributed by atoms with Crippen molar-refractivity contribution >= 4 is 10.0 Å². The molecule has 2 rings (SSSR count). The fourth-order valence-electron chi connectivity index (χ4n) is 1.96. The van der Waals surface area contributed by atoms with Gasteiger partial charge in [0.2, 0.25) is 15.9 Å². The lowest BCUT2D eigenvalue weighted by Crippen LogP contribution is -2.24. The highest BCUT2D eigenvalue weighted by atomic mass is 32.2. The van der Waals surface area contributed by atoms with Crippen molar-refractivity contribution in [1.82, 2.24) is 9.71 Å². The highest BCUT2D eigenvalue weighted by Crippen LogP contribution is 2.19. The molecule has 1 heterocycles. The van der Waals surface area contributed by atoms with Gasteiger partial charge in [0.25, 0.3) is 0 Å². The van der Waals surface area contributed by atoms with Gasteiger partial charge in [-0.3, -0.25) is 0 Å². The third-order valence-corrected chi connectivity index (χ3v) is 4.55. The molecule has 0 aliphatic carbocycles. The minimum atomic E-state index is -3.69. The van der Waals surface area contributed by atoms with Gasteiger partial charge in [-0.05, 0) is 30.5 Å². The molecule has 2 aromatic rings. The number of aryl methyl sites for hydroxylation is 2. The van der Waals surface area contributed by atoms with E-state index in [0.29, 0.717) is 29.2 Å². The molecule has 0 radical (unpaired) electrons. The Morgan fingerprint density at radius 1 is 1.38 bits per heavy atom. The summed E-state index contributed by atoms with van der Waals surface area (Å²) in [7, 11) is -3.69. The largest absolute Gasteiger partial charge is 0.445 e.